The van der Waals surface area contributed by atoms with Gasteiger partial charge in [-0.05, 0) is 56.7 Å². The molecule has 0 spiro atoms. The molecule has 0 unspecified atom stereocenters. The number of benzene rings is 2. The van der Waals surface area contributed by atoms with Gasteiger partial charge in [-0.2, -0.15) is 0 Å². The zero-order chi connectivity index (χ0) is 20.1. The van der Waals surface area contributed by atoms with Crippen LogP contribution in [0.4, 0.5) is 8.78 Å². The Kier molecular flexibility index (Phi) is 6.36. The average Bonchev–Trinajstić information content (AvgIpc) is 3.09. The molecule has 3 rings (SSSR count). The predicted molar refractivity (Wildman–Crippen MR) is 105 cm³/mol. The number of aromatic nitrogens is 1. The first-order valence-corrected chi connectivity index (χ1v) is 9.68. The van der Waals surface area contributed by atoms with E-state index >= 15 is 0 Å². The number of aryl methyl sites for hydroxylation is 1. The summed E-state index contributed by atoms with van der Waals surface area (Å²) in [5, 5.41) is 5.68. The first kappa shape index (κ1) is 19.9. The van der Waals surface area contributed by atoms with Crippen molar-refractivity contribution in [1.29, 1.82) is 0 Å². The van der Waals surface area contributed by atoms with Crippen molar-refractivity contribution in [3.05, 3.63) is 81.3 Å². The molecule has 0 saturated heterocycles. The Labute approximate surface area is 166 Å². The van der Waals surface area contributed by atoms with Gasteiger partial charge in [0.25, 0.3) is 5.91 Å². The van der Waals surface area contributed by atoms with Gasteiger partial charge in [-0.25, -0.2) is 13.8 Å². The van der Waals surface area contributed by atoms with Crippen molar-refractivity contribution >= 4 is 17.2 Å². The molecule has 0 fully saturated rings. The standard InChI is InChI=1S/C21H20F2N2O2S/c1-13(10-18-19(22)4-3-5-20(18)23)24-21(26)15-6-8-17(9-7-15)27-11-16-12-28-14(2)25-16/h3-9,12-13H,10-11H2,1-2H3,(H,24,26)/t13-/m1/s1. The minimum atomic E-state index is -0.613. The second-order valence-electron chi connectivity index (χ2n) is 6.45. The quantitative estimate of drug-likeness (QED) is 0.625. The van der Waals surface area contributed by atoms with E-state index in [4.69, 9.17) is 4.74 Å². The van der Waals surface area contributed by atoms with Crippen molar-refractivity contribution in [3.8, 4) is 5.75 Å². The van der Waals surface area contributed by atoms with Crippen LogP contribution in [0.5, 0.6) is 5.75 Å². The van der Waals surface area contributed by atoms with E-state index in [1.807, 2.05) is 12.3 Å². The van der Waals surface area contributed by atoms with Gasteiger partial charge >= 0.3 is 0 Å². The van der Waals surface area contributed by atoms with E-state index < -0.39 is 17.7 Å². The Morgan fingerprint density at radius 3 is 2.46 bits per heavy atom. The van der Waals surface area contributed by atoms with Crippen LogP contribution < -0.4 is 10.1 Å². The predicted octanol–water partition coefficient (Wildman–Crippen LogP) is 4.67. The first-order chi connectivity index (χ1) is 13.4. The molecule has 1 amide bonds. The smallest absolute Gasteiger partial charge is 0.251 e. The normalized spacial score (nSPS) is 11.9. The fourth-order valence-corrected chi connectivity index (χ4v) is 3.32. The highest BCUT2D eigenvalue weighted by Gasteiger charge is 2.15. The SMILES string of the molecule is Cc1nc(COc2ccc(C(=O)N[C@H](C)Cc3c(F)cccc3F)cc2)cs1. The minimum absolute atomic E-state index is 0.0312. The highest BCUT2D eigenvalue weighted by Crippen LogP contribution is 2.17. The molecule has 4 nitrogen and oxygen atoms in total. The van der Waals surface area contributed by atoms with E-state index in [2.05, 4.69) is 10.3 Å². The van der Waals surface area contributed by atoms with Crippen LogP contribution in [0.1, 0.15) is 33.5 Å². The topological polar surface area (TPSA) is 51.2 Å². The first-order valence-electron chi connectivity index (χ1n) is 8.80. The van der Waals surface area contributed by atoms with Gasteiger partial charge < -0.3 is 10.1 Å². The molecule has 1 N–H and O–H groups in total. The summed E-state index contributed by atoms with van der Waals surface area (Å²) in [4.78, 5) is 16.7. The summed E-state index contributed by atoms with van der Waals surface area (Å²) in [5.74, 6) is -0.912. The maximum atomic E-state index is 13.7. The van der Waals surface area contributed by atoms with Crippen LogP contribution in [0.2, 0.25) is 0 Å². The third kappa shape index (κ3) is 5.13. The van der Waals surface area contributed by atoms with Gasteiger partial charge in [-0.15, -0.1) is 11.3 Å². The van der Waals surface area contributed by atoms with E-state index in [0.29, 0.717) is 17.9 Å². The van der Waals surface area contributed by atoms with Crippen LogP contribution in [0.25, 0.3) is 0 Å². The lowest BCUT2D eigenvalue weighted by atomic mass is 10.1. The van der Waals surface area contributed by atoms with Gasteiger partial charge in [0.15, 0.2) is 0 Å². The Balaban J connectivity index is 1.55. The molecule has 28 heavy (non-hydrogen) atoms. The molecular formula is C21H20F2N2O2S. The van der Waals surface area contributed by atoms with Crippen LogP contribution in [0.15, 0.2) is 47.8 Å². The number of hydrogen-bond acceptors (Lipinski definition) is 4. The number of carbonyl (C=O) groups is 1. The van der Waals surface area contributed by atoms with Crippen LogP contribution in [0, 0.1) is 18.6 Å². The Bertz CT molecular complexity index is 937. The summed E-state index contributed by atoms with van der Waals surface area (Å²) in [5.41, 5.74) is 1.27. The third-order valence-electron chi connectivity index (χ3n) is 4.12. The number of nitrogens with zero attached hydrogens (tertiary/aromatic N) is 1. The summed E-state index contributed by atoms with van der Waals surface area (Å²) in [6.45, 7) is 4.00. The summed E-state index contributed by atoms with van der Waals surface area (Å²) >= 11 is 1.56. The number of thiazole rings is 1. The molecule has 1 atom stereocenters. The third-order valence-corrected chi connectivity index (χ3v) is 4.94. The van der Waals surface area contributed by atoms with Gasteiger partial charge in [-0.3, -0.25) is 4.79 Å². The Hall–Kier alpha value is -2.80. The molecule has 0 aliphatic carbocycles. The number of amides is 1. The molecule has 3 aromatic rings. The molecule has 0 bridgehead atoms. The zero-order valence-corrected chi connectivity index (χ0v) is 16.4. The van der Waals surface area contributed by atoms with Crippen molar-refractivity contribution in [2.75, 3.05) is 0 Å². The fourth-order valence-electron chi connectivity index (χ4n) is 2.73. The molecule has 0 aliphatic rings. The van der Waals surface area contributed by atoms with Gasteiger partial charge in [0.05, 0.1) is 10.7 Å². The summed E-state index contributed by atoms with van der Waals surface area (Å²) in [6.07, 6.45) is 0.0680. The Morgan fingerprint density at radius 2 is 1.86 bits per heavy atom. The largest absolute Gasteiger partial charge is 0.487 e. The molecular weight excluding hydrogens is 382 g/mol. The lowest BCUT2D eigenvalue weighted by molar-refractivity contribution is 0.0939. The highest BCUT2D eigenvalue weighted by atomic mass is 32.1. The Morgan fingerprint density at radius 1 is 1.18 bits per heavy atom. The molecule has 0 saturated carbocycles. The number of rotatable bonds is 7. The molecule has 1 aromatic heterocycles. The van der Waals surface area contributed by atoms with Gasteiger partial charge in [0, 0.05) is 22.5 Å². The van der Waals surface area contributed by atoms with Crippen LogP contribution in [0.3, 0.4) is 0 Å². The van der Waals surface area contributed by atoms with Crippen LogP contribution >= 0.6 is 11.3 Å². The van der Waals surface area contributed by atoms with E-state index in [9.17, 15) is 13.6 Å². The highest BCUT2D eigenvalue weighted by molar-refractivity contribution is 7.09. The van der Waals surface area contributed by atoms with E-state index in [0.717, 1.165) is 10.7 Å². The second-order valence-corrected chi connectivity index (χ2v) is 7.51. The maximum absolute atomic E-state index is 13.7. The lowest BCUT2D eigenvalue weighted by Crippen LogP contribution is -2.34. The average molecular weight is 402 g/mol. The van der Waals surface area contributed by atoms with Crippen LogP contribution in [-0.4, -0.2) is 16.9 Å². The molecule has 146 valence electrons. The molecule has 0 aliphatic heterocycles. The molecule has 7 heteroatoms. The lowest BCUT2D eigenvalue weighted by Gasteiger charge is -2.15. The van der Waals surface area contributed by atoms with Crippen molar-refractivity contribution in [2.45, 2.75) is 32.9 Å². The van der Waals surface area contributed by atoms with Crippen molar-refractivity contribution in [3.63, 3.8) is 0 Å². The zero-order valence-electron chi connectivity index (χ0n) is 15.5. The van der Waals surface area contributed by atoms with Gasteiger partial charge in [-0.1, -0.05) is 6.07 Å². The number of carbonyl (C=O) groups excluding carboxylic acids is 1. The number of halogens is 2. The second kappa shape index (κ2) is 8.93. The maximum Gasteiger partial charge on any atom is 0.251 e. The van der Waals surface area contributed by atoms with Crippen molar-refractivity contribution < 1.29 is 18.3 Å². The molecule has 0 radical (unpaired) electrons. The molecule has 1 heterocycles. The number of nitrogens with one attached hydrogen (secondary N) is 1. The van der Waals surface area contributed by atoms with E-state index in [-0.39, 0.29) is 17.9 Å². The van der Waals surface area contributed by atoms with Gasteiger partial charge in [0.2, 0.25) is 0 Å². The van der Waals surface area contributed by atoms with Gasteiger partial charge in [0.1, 0.15) is 24.0 Å². The summed E-state index contributed by atoms with van der Waals surface area (Å²) in [7, 11) is 0. The van der Waals surface area contributed by atoms with Crippen LogP contribution in [-0.2, 0) is 13.0 Å². The van der Waals surface area contributed by atoms with E-state index in [1.165, 1.54) is 18.2 Å². The monoisotopic (exact) mass is 402 g/mol. The van der Waals surface area contributed by atoms with E-state index in [1.54, 1.807) is 42.5 Å². The summed E-state index contributed by atoms with van der Waals surface area (Å²) in [6, 6.07) is 10.0. The number of ether oxygens (including phenoxy) is 1. The van der Waals surface area contributed by atoms with Crippen molar-refractivity contribution in [1.82, 2.24) is 10.3 Å². The van der Waals surface area contributed by atoms with Crippen molar-refractivity contribution in [2.24, 2.45) is 0 Å². The fraction of sp³-hybridized carbons (Fsp3) is 0.238. The summed E-state index contributed by atoms with van der Waals surface area (Å²) < 4.78 is 33.1. The molecule has 2 aromatic carbocycles. The minimum Gasteiger partial charge on any atom is -0.487 e. The number of hydrogen-bond donors (Lipinski definition) is 1.